The summed E-state index contributed by atoms with van der Waals surface area (Å²) in [5, 5.41) is 0. The van der Waals surface area contributed by atoms with Crippen LogP contribution in [0.15, 0.2) is 11.9 Å². The molecule has 0 aliphatic heterocycles. The fraction of sp³-hybridized carbons (Fsp3) is 0.714. The molecule has 0 amide bonds. The lowest BCUT2D eigenvalue weighted by Gasteiger charge is -2.33. The van der Waals surface area contributed by atoms with E-state index in [1.165, 1.54) is 4.74 Å². The smallest absolute Gasteiger partial charge is 0.483 e. The largest absolute Gasteiger partial charge is 0.746 e. The zero-order valence-corrected chi connectivity index (χ0v) is 12.0. The number of alkyl halides is 11. The van der Waals surface area contributed by atoms with Crippen molar-refractivity contribution >= 4 is 11.5 Å². The molecule has 164 valence electrons. The number of hydrogen-bond donors (Lipinski definition) is 0. The second kappa shape index (κ2) is 8.82. The van der Waals surface area contributed by atoms with Crippen LogP contribution < -0.4 is 0 Å². The Labute approximate surface area is 139 Å². The van der Waals surface area contributed by atoms with Gasteiger partial charge in [0.2, 0.25) is 0 Å². The van der Waals surface area contributed by atoms with Gasteiger partial charge in [0.15, 0.2) is 0 Å². The number of ether oxygens (including phenoxy) is 2. The molecular weight excluding hydrogens is 465 g/mol. The fourth-order valence-corrected chi connectivity index (χ4v) is 0.679. The first-order valence-corrected chi connectivity index (χ1v) is 5.93. The van der Waals surface area contributed by atoms with Gasteiger partial charge in [-0.05, 0) is 0 Å². The maximum absolute atomic E-state index is 13.0. The molecule has 0 fully saturated rings. The lowest BCUT2D eigenvalue weighted by atomic mass is 10.5. The van der Waals surface area contributed by atoms with E-state index in [9.17, 15) is 65.4 Å². The Morgan fingerprint density at radius 2 is 1.07 bits per heavy atom. The fourth-order valence-electron chi connectivity index (χ4n) is 0.679. The summed E-state index contributed by atoms with van der Waals surface area (Å²) in [7, 11) is 0. The van der Waals surface area contributed by atoms with Crippen LogP contribution in [0.4, 0.5) is 65.4 Å². The van der Waals surface area contributed by atoms with Crippen molar-refractivity contribution in [2.24, 2.45) is 0 Å². The van der Waals surface area contributed by atoms with Crippen molar-refractivity contribution in [1.82, 2.24) is 0 Å². The molecule has 0 saturated carbocycles. The van der Waals surface area contributed by atoms with E-state index in [0.717, 1.165) is 0 Å². The number of hydrogen-bond acceptors (Lipinski definition) is 4. The van der Waals surface area contributed by atoms with Crippen molar-refractivity contribution in [1.29, 1.82) is 0 Å². The van der Waals surface area contributed by atoms with Crippen molar-refractivity contribution in [3.05, 3.63) is 11.9 Å². The van der Waals surface area contributed by atoms with Crippen LogP contribution in [0, 0.1) is 0 Å². The van der Waals surface area contributed by atoms with Gasteiger partial charge in [-0.1, -0.05) is 0 Å². The van der Waals surface area contributed by atoms with Crippen LogP contribution in [0.25, 0.3) is 0 Å². The summed E-state index contributed by atoms with van der Waals surface area (Å²) in [5.74, 6) is -4.18. The predicted octanol–water partition coefficient (Wildman–Crippen LogP) is 4.78. The van der Waals surface area contributed by atoms with Crippen LogP contribution in [0.1, 0.15) is 0 Å². The molecule has 4 nitrogen and oxygen atoms in total. The Morgan fingerprint density at radius 3 is 1.30 bits per heavy atom. The molecular formula is C7F15O4S-. The third kappa shape index (κ3) is 8.51. The average molecular weight is 465 g/mol. The topological polar surface area (TPSA) is 58.6 Å². The minimum Gasteiger partial charge on any atom is -0.746 e. The van der Waals surface area contributed by atoms with Crippen molar-refractivity contribution < 1.29 is 83.6 Å². The van der Waals surface area contributed by atoms with Crippen molar-refractivity contribution in [3.63, 3.8) is 0 Å². The minimum atomic E-state index is -7.20. The Morgan fingerprint density at radius 1 is 0.741 bits per heavy atom. The third-order valence-corrected chi connectivity index (χ3v) is 1.61. The van der Waals surface area contributed by atoms with E-state index in [2.05, 4.69) is 0 Å². The molecule has 0 rings (SSSR count). The van der Waals surface area contributed by atoms with Gasteiger partial charge in [0, 0.05) is 0 Å². The van der Waals surface area contributed by atoms with Gasteiger partial charge in [-0.3, -0.25) is 0 Å². The molecule has 0 bridgehead atoms. The molecule has 20 heteroatoms. The first-order valence-electron chi connectivity index (χ1n) is 4.95. The van der Waals surface area contributed by atoms with Gasteiger partial charge in [-0.25, -0.2) is 13.7 Å². The van der Waals surface area contributed by atoms with Crippen molar-refractivity contribution in [2.75, 3.05) is 0 Å². The molecule has 0 N–H and O–H groups in total. The van der Waals surface area contributed by atoms with E-state index in [-0.39, 0.29) is 0 Å². The van der Waals surface area contributed by atoms with Gasteiger partial charge in [0.1, 0.15) is 11.5 Å². The first-order chi connectivity index (χ1) is 11.5. The molecule has 0 aliphatic carbocycles. The second-order valence-electron chi connectivity index (χ2n) is 3.54. The van der Waals surface area contributed by atoms with E-state index in [0.29, 0.717) is 0 Å². The molecule has 27 heavy (non-hydrogen) atoms. The summed E-state index contributed by atoms with van der Waals surface area (Å²) in [6.45, 7) is 0. The average Bonchev–Trinajstić information content (AvgIpc) is 2.32. The molecule has 0 aromatic heterocycles. The molecule has 2 atom stereocenters. The predicted molar refractivity (Wildman–Crippen MR) is 48.4 cm³/mol. The van der Waals surface area contributed by atoms with Crippen LogP contribution >= 0.6 is 0 Å². The van der Waals surface area contributed by atoms with Crippen LogP contribution in [0.5, 0.6) is 0 Å². The van der Waals surface area contributed by atoms with Gasteiger partial charge in [-0.2, -0.15) is 61.5 Å². The lowest BCUT2D eigenvalue weighted by Crippen LogP contribution is -2.56. The van der Waals surface area contributed by atoms with Gasteiger partial charge >= 0.3 is 36.7 Å². The van der Waals surface area contributed by atoms with E-state index >= 15 is 0 Å². The van der Waals surface area contributed by atoms with Crippen LogP contribution in [-0.4, -0.2) is 39.4 Å². The molecule has 0 radical (unpaired) electrons. The number of halogens is 15. The molecule has 0 heterocycles. The molecule has 0 aromatic carbocycles. The molecule has 0 aliphatic rings. The summed E-state index contributed by atoms with van der Waals surface area (Å²) in [5.41, 5.74) is 0. The summed E-state index contributed by atoms with van der Waals surface area (Å²) < 4.78 is 198. The van der Waals surface area contributed by atoms with Crippen molar-refractivity contribution in [3.8, 4) is 0 Å². The van der Waals surface area contributed by atoms with E-state index in [1.807, 2.05) is 0 Å². The summed E-state index contributed by atoms with van der Waals surface area (Å²) in [6, 6.07) is -7.00. The van der Waals surface area contributed by atoms with Crippen LogP contribution in [-0.2, 0) is 20.9 Å². The zero-order valence-electron chi connectivity index (χ0n) is 11.2. The molecule has 0 spiro atoms. The van der Waals surface area contributed by atoms with Crippen molar-refractivity contribution in [2.45, 2.75) is 30.6 Å². The summed E-state index contributed by atoms with van der Waals surface area (Å²) in [4.78, 5) is 0. The van der Waals surface area contributed by atoms with Crippen LogP contribution in [0.2, 0.25) is 0 Å². The minimum absolute atomic E-state index is 1.53. The van der Waals surface area contributed by atoms with E-state index in [1.54, 1.807) is 4.74 Å². The maximum atomic E-state index is 13.0. The Hall–Kier alpha value is -1.28. The maximum Gasteiger partial charge on any atom is 0.483 e. The van der Waals surface area contributed by atoms with Gasteiger partial charge in [-0.15, -0.1) is 3.89 Å². The Kier molecular flexibility index (Phi) is 9.12. The van der Waals surface area contributed by atoms with E-state index < -0.39 is 54.0 Å². The quantitative estimate of drug-likeness (QED) is 0.254. The zero-order chi connectivity index (χ0) is 22.6. The number of rotatable bonds is 5. The Balaban J connectivity index is 0. The normalized spacial score (nSPS) is 16.7. The molecule has 0 saturated heterocycles. The first kappa shape index (κ1) is 27.9. The van der Waals surface area contributed by atoms with Gasteiger partial charge in [0.05, 0.1) is 0 Å². The molecule has 2 unspecified atom stereocenters. The Bertz CT molecular complexity index is 545. The van der Waals surface area contributed by atoms with Gasteiger partial charge in [0.25, 0.3) is 5.83 Å². The highest BCUT2D eigenvalue weighted by Gasteiger charge is 2.73. The molecule has 0 aromatic rings. The second-order valence-corrected chi connectivity index (χ2v) is 3.93. The van der Waals surface area contributed by atoms with E-state index in [4.69, 9.17) is 8.76 Å². The highest BCUT2D eigenvalue weighted by Crippen LogP contribution is 2.49. The van der Waals surface area contributed by atoms with Crippen LogP contribution in [0.3, 0.4) is 0 Å². The SMILES string of the molecule is FC(F)=C(F)C(F)(F)OC(F)(OC(F)(F)C(F)(F)F)C(F)(F)F.O=S([O-])F. The summed E-state index contributed by atoms with van der Waals surface area (Å²) in [6.07, 6.45) is -32.0. The highest BCUT2D eigenvalue weighted by atomic mass is 32.2. The summed E-state index contributed by atoms with van der Waals surface area (Å²) >= 11 is -3.36. The monoisotopic (exact) mass is 465 g/mol. The lowest BCUT2D eigenvalue weighted by molar-refractivity contribution is -0.552. The highest BCUT2D eigenvalue weighted by molar-refractivity contribution is 7.73. The van der Waals surface area contributed by atoms with Gasteiger partial charge < -0.3 is 4.55 Å². The standard InChI is InChI=1S/C7F14O2.FHO2S/c8-1(2(9)10)3(11,12)22-7(21,5(16,17)18)23-6(19,20)4(13,14)15;1-4(2)3/h;(H,2,3)/p-1. The third-order valence-electron chi connectivity index (χ3n) is 1.61.